The highest BCUT2D eigenvalue weighted by molar-refractivity contribution is 5.87. The zero-order valence-electron chi connectivity index (χ0n) is 14.9. The zero-order chi connectivity index (χ0) is 17.4. The van der Waals surface area contributed by atoms with Gasteiger partial charge in [-0.15, -0.1) is 0 Å². The third kappa shape index (κ3) is 3.08. The van der Waals surface area contributed by atoms with Crippen molar-refractivity contribution in [1.29, 1.82) is 0 Å². The SMILES string of the molecule is CC(=O)N1CCC(c2cc3c(ncn3C)c(N3CCOCC3)n2)CC1. The van der Waals surface area contributed by atoms with Crippen LogP contribution in [0.5, 0.6) is 0 Å². The zero-order valence-corrected chi connectivity index (χ0v) is 14.9. The van der Waals surface area contributed by atoms with Crippen LogP contribution < -0.4 is 4.90 Å². The molecule has 4 heterocycles. The van der Waals surface area contributed by atoms with Crippen LogP contribution in [0.3, 0.4) is 0 Å². The fourth-order valence-corrected chi connectivity index (χ4v) is 3.82. The van der Waals surface area contributed by atoms with Crippen LogP contribution >= 0.6 is 0 Å². The van der Waals surface area contributed by atoms with Gasteiger partial charge in [0, 0.05) is 51.8 Å². The predicted molar refractivity (Wildman–Crippen MR) is 95.8 cm³/mol. The van der Waals surface area contributed by atoms with Gasteiger partial charge in [0.2, 0.25) is 5.91 Å². The van der Waals surface area contributed by atoms with Gasteiger partial charge in [-0.2, -0.15) is 0 Å². The van der Waals surface area contributed by atoms with E-state index in [9.17, 15) is 4.79 Å². The van der Waals surface area contributed by atoms with E-state index < -0.39 is 0 Å². The summed E-state index contributed by atoms with van der Waals surface area (Å²) in [5.41, 5.74) is 3.22. The van der Waals surface area contributed by atoms with E-state index in [0.717, 1.165) is 74.8 Å². The molecule has 0 N–H and O–H groups in total. The maximum atomic E-state index is 11.6. The van der Waals surface area contributed by atoms with Crippen molar-refractivity contribution in [3.8, 4) is 0 Å². The first-order valence-corrected chi connectivity index (χ1v) is 9.03. The number of amides is 1. The molecule has 0 saturated carbocycles. The van der Waals surface area contributed by atoms with Gasteiger partial charge in [-0.05, 0) is 18.9 Å². The molecule has 2 saturated heterocycles. The molecule has 0 aliphatic carbocycles. The number of nitrogens with zero attached hydrogens (tertiary/aromatic N) is 5. The second kappa shape index (κ2) is 6.63. The molecule has 134 valence electrons. The standard InChI is InChI=1S/C18H25N5O2/c1-13(24)22-5-3-14(4-6-22)15-11-16-17(19-12-21(16)2)18(20-15)23-7-9-25-10-8-23/h11-12,14H,3-10H2,1-2H3. The molecule has 2 aromatic rings. The largest absolute Gasteiger partial charge is 0.378 e. The summed E-state index contributed by atoms with van der Waals surface area (Å²) in [4.78, 5) is 25.4. The normalized spacial score (nSPS) is 19.6. The third-order valence-electron chi connectivity index (χ3n) is 5.38. The van der Waals surface area contributed by atoms with Gasteiger partial charge >= 0.3 is 0 Å². The molecular weight excluding hydrogens is 318 g/mol. The highest BCUT2D eigenvalue weighted by Crippen LogP contribution is 2.32. The van der Waals surface area contributed by atoms with E-state index in [1.807, 2.05) is 18.3 Å². The van der Waals surface area contributed by atoms with Crippen LogP contribution in [0.1, 0.15) is 31.4 Å². The maximum absolute atomic E-state index is 11.6. The number of pyridine rings is 1. The van der Waals surface area contributed by atoms with Crippen molar-refractivity contribution in [3.05, 3.63) is 18.1 Å². The summed E-state index contributed by atoms with van der Waals surface area (Å²) in [6.07, 6.45) is 3.80. The summed E-state index contributed by atoms with van der Waals surface area (Å²) in [6.45, 7) is 6.46. The molecule has 25 heavy (non-hydrogen) atoms. The van der Waals surface area contributed by atoms with Crippen LogP contribution in [0.4, 0.5) is 5.82 Å². The van der Waals surface area contributed by atoms with Crippen LogP contribution in [-0.4, -0.2) is 64.7 Å². The van der Waals surface area contributed by atoms with Crippen LogP contribution in [0.15, 0.2) is 12.4 Å². The van der Waals surface area contributed by atoms with Gasteiger partial charge in [-0.25, -0.2) is 9.97 Å². The fourth-order valence-electron chi connectivity index (χ4n) is 3.82. The Kier molecular flexibility index (Phi) is 4.33. The lowest BCUT2D eigenvalue weighted by atomic mass is 9.92. The first-order valence-electron chi connectivity index (χ1n) is 9.03. The topological polar surface area (TPSA) is 63.5 Å². The van der Waals surface area contributed by atoms with E-state index in [0.29, 0.717) is 5.92 Å². The van der Waals surface area contributed by atoms with E-state index in [2.05, 4.69) is 20.5 Å². The van der Waals surface area contributed by atoms with Crippen LogP contribution in [0, 0.1) is 0 Å². The van der Waals surface area contributed by atoms with Gasteiger partial charge in [0.15, 0.2) is 5.82 Å². The fraction of sp³-hybridized carbons (Fsp3) is 0.611. The van der Waals surface area contributed by atoms with Gasteiger partial charge in [0.1, 0.15) is 5.52 Å². The molecule has 0 bridgehead atoms. The number of anilines is 1. The number of fused-ring (bicyclic) bond motifs is 1. The number of morpholine rings is 1. The van der Waals surface area contributed by atoms with Crippen molar-refractivity contribution < 1.29 is 9.53 Å². The molecule has 0 atom stereocenters. The van der Waals surface area contributed by atoms with Gasteiger partial charge < -0.3 is 19.1 Å². The number of carbonyl (C=O) groups excluding carboxylic acids is 1. The van der Waals surface area contributed by atoms with Gasteiger partial charge in [-0.3, -0.25) is 4.79 Å². The second-order valence-electron chi connectivity index (χ2n) is 6.97. The Hall–Kier alpha value is -2.15. The molecule has 1 amide bonds. The Morgan fingerprint density at radius 1 is 1.20 bits per heavy atom. The smallest absolute Gasteiger partial charge is 0.219 e. The predicted octanol–water partition coefficient (Wildman–Crippen LogP) is 1.53. The lowest BCUT2D eigenvalue weighted by Crippen LogP contribution is -2.38. The Balaban J connectivity index is 1.67. The molecule has 2 fully saturated rings. The van der Waals surface area contributed by atoms with Crippen molar-refractivity contribution in [2.45, 2.75) is 25.7 Å². The minimum absolute atomic E-state index is 0.169. The second-order valence-corrected chi connectivity index (χ2v) is 6.97. The number of imidazole rings is 1. The number of hydrogen-bond acceptors (Lipinski definition) is 5. The number of aromatic nitrogens is 3. The van der Waals surface area contributed by atoms with E-state index >= 15 is 0 Å². The average molecular weight is 343 g/mol. The number of hydrogen-bond donors (Lipinski definition) is 0. The molecule has 0 radical (unpaired) electrons. The molecule has 7 nitrogen and oxygen atoms in total. The number of carbonyl (C=O) groups is 1. The summed E-state index contributed by atoms with van der Waals surface area (Å²) in [5, 5.41) is 0. The third-order valence-corrected chi connectivity index (χ3v) is 5.38. The number of rotatable bonds is 2. The van der Waals surface area contributed by atoms with E-state index in [1.165, 1.54) is 0 Å². The molecule has 7 heteroatoms. The van der Waals surface area contributed by atoms with E-state index in [4.69, 9.17) is 9.72 Å². The monoisotopic (exact) mass is 343 g/mol. The highest BCUT2D eigenvalue weighted by atomic mass is 16.5. The number of ether oxygens (including phenoxy) is 1. The molecule has 4 rings (SSSR count). The van der Waals surface area contributed by atoms with Crippen molar-refractivity contribution >= 4 is 22.8 Å². The molecule has 0 unspecified atom stereocenters. The first-order chi connectivity index (χ1) is 12.1. The molecule has 0 spiro atoms. The summed E-state index contributed by atoms with van der Waals surface area (Å²) in [5.74, 6) is 1.54. The van der Waals surface area contributed by atoms with E-state index in [1.54, 1.807) is 6.92 Å². The molecule has 0 aromatic carbocycles. The maximum Gasteiger partial charge on any atom is 0.219 e. The molecule has 2 aliphatic rings. The summed E-state index contributed by atoms with van der Waals surface area (Å²) in [7, 11) is 2.03. The molecular formula is C18H25N5O2. The number of likely N-dealkylation sites (tertiary alicyclic amines) is 1. The summed E-state index contributed by atoms with van der Waals surface area (Å²) < 4.78 is 7.55. The first kappa shape index (κ1) is 16.3. The number of piperidine rings is 1. The van der Waals surface area contributed by atoms with E-state index in [-0.39, 0.29) is 5.91 Å². The van der Waals surface area contributed by atoms with Crippen LogP contribution in [-0.2, 0) is 16.6 Å². The van der Waals surface area contributed by atoms with Crippen molar-refractivity contribution in [2.24, 2.45) is 7.05 Å². The Bertz CT molecular complexity index is 773. The van der Waals surface area contributed by atoms with Gasteiger partial charge in [0.05, 0.1) is 25.1 Å². The number of aryl methyl sites for hydroxylation is 1. The van der Waals surface area contributed by atoms with Crippen molar-refractivity contribution in [3.63, 3.8) is 0 Å². The lowest BCUT2D eigenvalue weighted by molar-refractivity contribution is -0.129. The van der Waals surface area contributed by atoms with Gasteiger partial charge in [-0.1, -0.05) is 0 Å². The highest BCUT2D eigenvalue weighted by Gasteiger charge is 2.26. The van der Waals surface area contributed by atoms with Crippen molar-refractivity contribution in [1.82, 2.24) is 19.4 Å². The summed E-state index contributed by atoms with van der Waals surface area (Å²) in [6, 6.07) is 2.18. The molecule has 2 aromatic heterocycles. The van der Waals surface area contributed by atoms with Gasteiger partial charge in [0.25, 0.3) is 0 Å². The molecule has 2 aliphatic heterocycles. The lowest BCUT2D eigenvalue weighted by Gasteiger charge is -2.32. The van der Waals surface area contributed by atoms with Crippen molar-refractivity contribution in [2.75, 3.05) is 44.3 Å². The van der Waals surface area contributed by atoms with Crippen LogP contribution in [0.25, 0.3) is 11.0 Å². The summed E-state index contributed by atoms with van der Waals surface area (Å²) >= 11 is 0. The minimum Gasteiger partial charge on any atom is -0.378 e. The van der Waals surface area contributed by atoms with Crippen LogP contribution in [0.2, 0.25) is 0 Å². The Morgan fingerprint density at radius 2 is 1.92 bits per heavy atom. The Labute approximate surface area is 147 Å². The average Bonchev–Trinajstić information content (AvgIpc) is 3.03. The minimum atomic E-state index is 0.169. The quantitative estimate of drug-likeness (QED) is 0.827. The Morgan fingerprint density at radius 3 is 2.60 bits per heavy atom.